The zero-order valence-corrected chi connectivity index (χ0v) is 18.3. The van der Waals surface area contributed by atoms with Crippen LogP contribution in [0.5, 0.6) is 0 Å². The number of likely N-dealkylation sites (tertiary alicyclic amines) is 1. The molecule has 0 aliphatic carbocycles. The summed E-state index contributed by atoms with van der Waals surface area (Å²) in [6.07, 6.45) is 1.93. The van der Waals surface area contributed by atoms with E-state index in [1.54, 1.807) is 0 Å². The van der Waals surface area contributed by atoms with Crippen LogP contribution in [0, 0.1) is 17.8 Å². The molecule has 0 bridgehead atoms. The van der Waals surface area contributed by atoms with E-state index in [-0.39, 0.29) is 29.9 Å². The molecular formula is C17H32IN3O2S. The van der Waals surface area contributed by atoms with Gasteiger partial charge in [0.15, 0.2) is 15.8 Å². The van der Waals surface area contributed by atoms with Gasteiger partial charge in [0.2, 0.25) is 0 Å². The minimum Gasteiger partial charge on any atom is -0.356 e. The first-order chi connectivity index (χ1) is 10.8. The van der Waals surface area contributed by atoms with Crippen LogP contribution in [-0.2, 0) is 9.84 Å². The number of hydrogen-bond acceptors (Lipinski definition) is 3. The second-order valence-corrected chi connectivity index (χ2v) is 9.66. The van der Waals surface area contributed by atoms with E-state index in [0.717, 1.165) is 37.0 Å². The van der Waals surface area contributed by atoms with Crippen molar-refractivity contribution in [2.24, 2.45) is 22.7 Å². The summed E-state index contributed by atoms with van der Waals surface area (Å²) in [6.45, 7) is 13.8. The van der Waals surface area contributed by atoms with Gasteiger partial charge < -0.3 is 10.2 Å². The molecule has 7 heteroatoms. The lowest BCUT2D eigenvalue weighted by atomic mass is 9.89. The third-order valence-electron chi connectivity index (χ3n) is 5.01. The molecule has 0 aromatic carbocycles. The smallest absolute Gasteiger partial charge is 0.194 e. The van der Waals surface area contributed by atoms with Gasteiger partial charge in [0.1, 0.15) is 0 Å². The fourth-order valence-corrected chi connectivity index (χ4v) is 5.06. The van der Waals surface area contributed by atoms with Gasteiger partial charge in [-0.15, -0.1) is 24.0 Å². The molecule has 0 aromatic rings. The highest BCUT2D eigenvalue weighted by molar-refractivity contribution is 14.0. The Morgan fingerprint density at radius 1 is 1.29 bits per heavy atom. The number of sulfone groups is 1. The number of guanidine groups is 1. The molecule has 2 saturated heterocycles. The maximum absolute atomic E-state index is 11.6. The van der Waals surface area contributed by atoms with Crippen molar-refractivity contribution in [2.45, 2.75) is 33.6 Å². The number of halogens is 1. The van der Waals surface area contributed by atoms with Crippen LogP contribution >= 0.6 is 24.0 Å². The summed E-state index contributed by atoms with van der Waals surface area (Å²) in [5.41, 5.74) is 1.03. The molecule has 3 unspecified atom stereocenters. The maximum Gasteiger partial charge on any atom is 0.194 e. The van der Waals surface area contributed by atoms with Crippen molar-refractivity contribution in [3.05, 3.63) is 12.2 Å². The van der Waals surface area contributed by atoms with Crippen LogP contribution in [0.2, 0.25) is 0 Å². The molecule has 2 aliphatic heterocycles. The second kappa shape index (κ2) is 9.40. The molecule has 0 saturated carbocycles. The molecule has 0 aromatic heterocycles. The van der Waals surface area contributed by atoms with Gasteiger partial charge in [-0.05, 0) is 37.5 Å². The van der Waals surface area contributed by atoms with E-state index in [9.17, 15) is 8.42 Å². The summed E-state index contributed by atoms with van der Waals surface area (Å²) in [4.78, 5) is 7.00. The zero-order valence-electron chi connectivity index (χ0n) is 15.1. The van der Waals surface area contributed by atoms with Gasteiger partial charge in [0, 0.05) is 19.6 Å². The molecule has 0 radical (unpaired) electrons. The number of hydrogen-bond donors (Lipinski definition) is 1. The summed E-state index contributed by atoms with van der Waals surface area (Å²) >= 11 is 0. The molecule has 0 spiro atoms. The molecule has 2 aliphatic rings. The SMILES string of the molecule is C=C(C)CN=C(NCC1CCS(=O)(=O)C1)N1CCC(C)C(C)C1.I. The lowest BCUT2D eigenvalue weighted by Crippen LogP contribution is -2.49. The summed E-state index contributed by atoms with van der Waals surface area (Å²) in [7, 11) is -2.82. The Hall–Kier alpha value is -0.310. The molecule has 3 atom stereocenters. The fourth-order valence-electron chi connectivity index (χ4n) is 3.20. The first kappa shape index (κ1) is 21.7. The predicted molar refractivity (Wildman–Crippen MR) is 112 cm³/mol. The van der Waals surface area contributed by atoms with Crippen LogP contribution in [0.1, 0.15) is 33.6 Å². The lowest BCUT2D eigenvalue weighted by molar-refractivity contribution is 0.199. The van der Waals surface area contributed by atoms with Gasteiger partial charge in [-0.1, -0.05) is 26.0 Å². The predicted octanol–water partition coefficient (Wildman–Crippen LogP) is 2.54. The van der Waals surface area contributed by atoms with Crippen molar-refractivity contribution in [1.82, 2.24) is 10.2 Å². The third kappa shape index (κ3) is 6.54. The van der Waals surface area contributed by atoms with Crippen LogP contribution in [0.25, 0.3) is 0 Å². The van der Waals surface area contributed by atoms with E-state index in [1.807, 2.05) is 6.92 Å². The zero-order chi connectivity index (χ0) is 17.0. The summed E-state index contributed by atoms with van der Waals surface area (Å²) in [5.74, 6) is 3.14. The number of nitrogens with zero attached hydrogens (tertiary/aromatic N) is 2. The summed E-state index contributed by atoms with van der Waals surface area (Å²) in [6, 6.07) is 0. The lowest BCUT2D eigenvalue weighted by Gasteiger charge is -2.37. The van der Waals surface area contributed by atoms with Crippen molar-refractivity contribution in [1.29, 1.82) is 0 Å². The van der Waals surface area contributed by atoms with Crippen molar-refractivity contribution >= 4 is 39.8 Å². The maximum atomic E-state index is 11.6. The molecule has 140 valence electrons. The largest absolute Gasteiger partial charge is 0.356 e. The van der Waals surface area contributed by atoms with Gasteiger partial charge in [0.25, 0.3) is 0 Å². The van der Waals surface area contributed by atoms with Crippen LogP contribution in [-0.4, -0.2) is 57.0 Å². The minimum atomic E-state index is -2.82. The molecule has 24 heavy (non-hydrogen) atoms. The molecule has 2 fully saturated rings. The number of aliphatic imine (C=N–C) groups is 1. The molecular weight excluding hydrogens is 437 g/mol. The van der Waals surface area contributed by atoms with E-state index >= 15 is 0 Å². The van der Waals surface area contributed by atoms with E-state index in [2.05, 4.69) is 35.6 Å². The Morgan fingerprint density at radius 2 is 2.00 bits per heavy atom. The van der Waals surface area contributed by atoms with Crippen molar-refractivity contribution in [2.75, 3.05) is 37.7 Å². The molecule has 0 amide bonds. The first-order valence-corrected chi connectivity index (χ1v) is 10.5. The van der Waals surface area contributed by atoms with Gasteiger partial charge in [-0.3, -0.25) is 0 Å². The average Bonchev–Trinajstić information content (AvgIpc) is 2.81. The molecule has 2 rings (SSSR count). The van der Waals surface area contributed by atoms with E-state index in [1.165, 1.54) is 6.42 Å². The quantitative estimate of drug-likeness (QED) is 0.298. The average molecular weight is 469 g/mol. The summed E-state index contributed by atoms with van der Waals surface area (Å²) in [5, 5.41) is 3.43. The number of nitrogens with one attached hydrogen (secondary N) is 1. The highest BCUT2D eigenvalue weighted by Crippen LogP contribution is 2.23. The highest BCUT2D eigenvalue weighted by Gasteiger charge is 2.29. The highest BCUT2D eigenvalue weighted by atomic mass is 127. The molecule has 5 nitrogen and oxygen atoms in total. The van der Waals surface area contributed by atoms with Crippen LogP contribution in [0.4, 0.5) is 0 Å². The Bertz CT molecular complexity index is 562. The van der Waals surface area contributed by atoms with Gasteiger partial charge >= 0.3 is 0 Å². The van der Waals surface area contributed by atoms with Crippen molar-refractivity contribution in [3.63, 3.8) is 0 Å². The Balaban J connectivity index is 0.00000288. The normalized spacial score (nSPS) is 29.9. The van der Waals surface area contributed by atoms with Gasteiger partial charge in [0.05, 0.1) is 18.1 Å². The first-order valence-electron chi connectivity index (χ1n) is 8.65. The van der Waals surface area contributed by atoms with Crippen LogP contribution in [0.15, 0.2) is 17.1 Å². The van der Waals surface area contributed by atoms with Crippen molar-refractivity contribution < 1.29 is 8.42 Å². The molecule has 1 N–H and O–H groups in total. The van der Waals surface area contributed by atoms with Gasteiger partial charge in [-0.2, -0.15) is 0 Å². The van der Waals surface area contributed by atoms with E-state index in [0.29, 0.717) is 30.5 Å². The van der Waals surface area contributed by atoms with E-state index in [4.69, 9.17) is 0 Å². The number of piperidine rings is 1. The summed E-state index contributed by atoms with van der Waals surface area (Å²) < 4.78 is 23.2. The van der Waals surface area contributed by atoms with Crippen molar-refractivity contribution in [3.8, 4) is 0 Å². The Morgan fingerprint density at radius 3 is 2.54 bits per heavy atom. The third-order valence-corrected chi connectivity index (χ3v) is 6.84. The topological polar surface area (TPSA) is 61.8 Å². The standard InChI is InChI=1S/C17H31N3O2S.HI/c1-13(2)9-18-17(20-7-5-14(3)15(4)11-20)19-10-16-6-8-23(21,22)12-16;/h14-16H,1,5-12H2,2-4H3,(H,18,19);1H. The monoisotopic (exact) mass is 469 g/mol. The Kier molecular flexibility index (Phi) is 8.52. The molecule has 2 heterocycles. The number of rotatable bonds is 4. The second-order valence-electron chi connectivity index (χ2n) is 7.44. The Labute approximate surface area is 164 Å². The van der Waals surface area contributed by atoms with E-state index < -0.39 is 9.84 Å². The van der Waals surface area contributed by atoms with Gasteiger partial charge in [-0.25, -0.2) is 13.4 Å². The van der Waals surface area contributed by atoms with Crippen LogP contribution in [0.3, 0.4) is 0 Å². The fraction of sp³-hybridized carbons (Fsp3) is 0.824. The minimum absolute atomic E-state index is 0. The van der Waals surface area contributed by atoms with Crippen LogP contribution < -0.4 is 5.32 Å².